The van der Waals surface area contributed by atoms with Gasteiger partial charge in [0.15, 0.2) is 0 Å². The summed E-state index contributed by atoms with van der Waals surface area (Å²) in [5.41, 5.74) is 0. The molecule has 2 N–H and O–H groups in total. The van der Waals surface area contributed by atoms with Crippen LogP contribution in [0.5, 0.6) is 0 Å². The van der Waals surface area contributed by atoms with Crippen molar-refractivity contribution in [3.8, 4) is 0 Å². The maximum absolute atomic E-state index is 9.64. The molecule has 0 bridgehead atoms. The number of hydrogen-bond acceptors (Lipinski definition) is 5. The summed E-state index contributed by atoms with van der Waals surface area (Å²) in [6.45, 7) is 6.48. The maximum atomic E-state index is 9.64. The van der Waals surface area contributed by atoms with E-state index in [0.29, 0.717) is 26.4 Å². The second kappa shape index (κ2) is 34.0. The van der Waals surface area contributed by atoms with Crippen LogP contribution in [0.3, 0.4) is 0 Å². The van der Waals surface area contributed by atoms with Crippen molar-refractivity contribution in [1.82, 2.24) is 0 Å². The molecular weight excluding hydrogens is 488 g/mol. The molecule has 0 saturated carbocycles. The van der Waals surface area contributed by atoms with Gasteiger partial charge >= 0.3 is 0 Å². The van der Waals surface area contributed by atoms with E-state index in [1.807, 2.05) is 0 Å². The molecular formula is C34H70O5. The highest BCUT2D eigenvalue weighted by Gasteiger charge is 2.16. The van der Waals surface area contributed by atoms with E-state index < -0.39 is 12.2 Å². The zero-order valence-electron chi connectivity index (χ0n) is 26.5. The average molecular weight is 559 g/mol. The van der Waals surface area contributed by atoms with Gasteiger partial charge in [0.1, 0.15) is 12.2 Å². The van der Waals surface area contributed by atoms with Gasteiger partial charge in [-0.15, -0.1) is 0 Å². The molecule has 0 aromatic rings. The quantitative estimate of drug-likeness (QED) is 0.0771. The number of hydrogen-bond donors (Lipinski definition) is 2. The third-order valence-corrected chi connectivity index (χ3v) is 7.68. The topological polar surface area (TPSA) is 68.2 Å². The summed E-state index contributed by atoms with van der Waals surface area (Å²) in [5, 5.41) is 19.3. The van der Waals surface area contributed by atoms with Crippen molar-refractivity contribution in [2.24, 2.45) is 0 Å². The summed E-state index contributed by atoms with van der Waals surface area (Å²) in [6, 6.07) is 0. The Labute approximate surface area is 244 Å². The van der Waals surface area contributed by atoms with E-state index in [9.17, 15) is 10.2 Å². The van der Waals surface area contributed by atoms with Gasteiger partial charge in [-0.3, -0.25) is 0 Å². The number of aliphatic hydroxyl groups excluding tert-OH is 2. The van der Waals surface area contributed by atoms with E-state index in [1.54, 1.807) is 0 Å². The highest BCUT2D eigenvalue weighted by molar-refractivity contribution is 4.62. The molecule has 2 unspecified atom stereocenters. The molecule has 0 radical (unpaired) electrons. The summed E-state index contributed by atoms with van der Waals surface area (Å²) in [6.07, 6.45) is 31.1. The Balaban J connectivity index is 3.51. The Kier molecular flexibility index (Phi) is 33.8. The average Bonchev–Trinajstić information content (AvgIpc) is 2.95. The predicted octanol–water partition coefficient (Wildman–Crippen LogP) is 9.16. The largest absolute Gasteiger partial charge is 0.394 e. The molecule has 0 aromatic carbocycles. The van der Waals surface area contributed by atoms with Crippen molar-refractivity contribution in [3.63, 3.8) is 0 Å². The Hall–Kier alpha value is -0.200. The summed E-state index contributed by atoms with van der Waals surface area (Å²) >= 11 is 0. The standard InChI is InChI=1S/C34H70O5/c1-3-5-7-9-11-13-15-17-19-21-23-25-27-37-31-33(29-35)39-34(30-36)32-38-28-26-24-22-20-18-16-14-12-10-8-6-4-2/h33-36H,3-32H2,1-2H3. The molecule has 236 valence electrons. The molecule has 0 fully saturated rings. The first-order valence-electron chi connectivity index (χ1n) is 17.3. The Bertz CT molecular complexity index is 396. The Morgan fingerprint density at radius 1 is 0.385 bits per heavy atom. The number of unbranched alkanes of at least 4 members (excludes halogenated alkanes) is 22. The zero-order chi connectivity index (χ0) is 28.5. The van der Waals surface area contributed by atoms with Crippen molar-refractivity contribution in [2.75, 3.05) is 39.6 Å². The molecule has 0 aromatic heterocycles. The molecule has 5 nitrogen and oxygen atoms in total. The molecule has 0 aliphatic rings. The smallest absolute Gasteiger partial charge is 0.104 e. The molecule has 5 heteroatoms. The van der Waals surface area contributed by atoms with Gasteiger partial charge in [0.25, 0.3) is 0 Å². The van der Waals surface area contributed by atoms with Crippen LogP contribution < -0.4 is 0 Å². The Morgan fingerprint density at radius 3 is 0.897 bits per heavy atom. The van der Waals surface area contributed by atoms with E-state index >= 15 is 0 Å². The third kappa shape index (κ3) is 30.6. The highest BCUT2D eigenvalue weighted by atomic mass is 16.6. The summed E-state index contributed by atoms with van der Waals surface area (Å²) < 4.78 is 17.3. The SMILES string of the molecule is CCCCCCCCCCCCCCOCC(CO)OC(CO)COCCCCCCCCCCCCCC. The minimum Gasteiger partial charge on any atom is -0.394 e. The summed E-state index contributed by atoms with van der Waals surface area (Å²) in [4.78, 5) is 0. The van der Waals surface area contributed by atoms with Gasteiger partial charge in [0.05, 0.1) is 26.4 Å². The van der Waals surface area contributed by atoms with Crippen LogP contribution in [0.4, 0.5) is 0 Å². The number of ether oxygens (including phenoxy) is 3. The van der Waals surface area contributed by atoms with Gasteiger partial charge in [-0.2, -0.15) is 0 Å². The van der Waals surface area contributed by atoms with E-state index in [-0.39, 0.29) is 13.2 Å². The van der Waals surface area contributed by atoms with Crippen molar-refractivity contribution in [3.05, 3.63) is 0 Å². The van der Waals surface area contributed by atoms with Crippen LogP contribution >= 0.6 is 0 Å². The molecule has 2 atom stereocenters. The fraction of sp³-hybridized carbons (Fsp3) is 1.00. The monoisotopic (exact) mass is 559 g/mol. The van der Waals surface area contributed by atoms with Crippen LogP contribution in [0.2, 0.25) is 0 Å². The van der Waals surface area contributed by atoms with Crippen molar-refractivity contribution < 1.29 is 24.4 Å². The van der Waals surface area contributed by atoms with E-state index in [0.717, 1.165) is 12.8 Å². The second-order valence-corrected chi connectivity index (χ2v) is 11.7. The zero-order valence-corrected chi connectivity index (χ0v) is 26.5. The van der Waals surface area contributed by atoms with Crippen LogP contribution in [-0.4, -0.2) is 62.1 Å². The fourth-order valence-corrected chi connectivity index (χ4v) is 5.06. The van der Waals surface area contributed by atoms with Crippen LogP contribution in [0.15, 0.2) is 0 Å². The maximum Gasteiger partial charge on any atom is 0.104 e. The molecule has 0 aliphatic heterocycles. The van der Waals surface area contributed by atoms with E-state index in [4.69, 9.17) is 14.2 Å². The first-order valence-corrected chi connectivity index (χ1v) is 17.3. The lowest BCUT2D eigenvalue weighted by molar-refractivity contribution is -0.115. The first-order chi connectivity index (χ1) is 19.3. The molecule has 0 amide bonds. The molecule has 0 spiro atoms. The van der Waals surface area contributed by atoms with Gasteiger partial charge in [0.2, 0.25) is 0 Å². The van der Waals surface area contributed by atoms with E-state index in [1.165, 1.54) is 141 Å². The molecule has 0 aliphatic carbocycles. The minimum absolute atomic E-state index is 0.103. The van der Waals surface area contributed by atoms with Gasteiger partial charge in [0, 0.05) is 13.2 Å². The van der Waals surface area contributed by atoms with Crippen LogP contribution in [-0.2, 0) is 14.2 Å². The lowest BCUT2D eigenvalue weighted by Crippen LogP contribution is -2.34. The Morgan fingerprint density at radius 2 is 0.641 bits per heavy atom. The number of aliphatic hydroxyl groups is 2. The van der Waals surface area contributed by atoms with Gasteiger partial charge in [-0.05, 0) is 12.8 Å². The van der Waals surface area contributed by atoms with Gasteiger partial charge < -0.3 is 24.4 Å². The molecule has 0 heterocycles. The van der Waals surface area contributed by atoms with Crippen LogP contribution in [0.1, 0.15) is 168 Å². The normalized spacial score (nSPS) is 13.2. The molecule has 0 rings (SSSR count). The van der Waals surface area contributed by atoms with Crippen LogP contribution in [0, 0.1) is 0 Å². The summed E-state index contributed by atoms with van der Waals surface area (Å²) in [7, 11) is 0. The lowest BCUT2D eigenvalue weighted by atomic mass is 10.1. The van der Waals surface area contributed by atoms with Crippen molar-refractivity contribution in [1.29, 1.82) is 0 Å². The predicted molar refractivity (Wildman–Crippen MR) is 167 cm³/mol. The minimum atomic E-state index is -0.408. The fourth-order valence-electron chi connectivity index (χ4n) is 5.06. The third-order valence-electron chi connectivity index (χ3n) is 7.68. The molecule has 0 saturated heterocycles. The second-order valence-electron chi connectivity index (χ2n) is 11.7. The lowest BCUT2D eigenvalue weighted by Gasteiger charge is -2.22. The first kappa shape index (κ1) is 38.8. The highest BCUT2D eigenvalue weighted by Crippen LogP contribution is 2.13. The number of rotatable bonds is 34. The summed E-state index contributed by atoms with van der Waals surface area (Å²) in [5.74, 6) is 0. The van der Waals surface area contributed by atoms with Crippen LogP contribution in [0.25, 0.3) is 0 Å². The van der Waals surface area contributed by atoms with Gasteiger partial charge in [-0.1, -0.05) is 155 Å². The molecule has 39 heavy (non-hydrogen) atoms. The van der Waals surface area contributed by atoms with E-state index in [2.05, 4.69) is 13.8 Å². The van der Waals surface area contributed by atoms with Crippen molar-refractivity contribution in [2.45, 2.75) is 180 Å². The van der Waals surface area contributed by atoms with Crippen molar-refractivity contribution >= 4 is 0 Å². The van der Waals surface area contributed by atoms with Gasteiger partial charge in [-0.25, -0.2) is 0 Å².